The maximum absolute atomic E-state index is 6.13. The molecule has 2 rings (SSSR count). The molecule has 1 heterocycles. The van der Waals surface area contributed by atoms with E-state index in [1.54, 1.807) is 0 Å². The maximum atomic E-state index is 6.13. The van der Waals surface area contributed by atoms with Crippen molar-refractivity contribution in [3.63, 3.8) is 0 Å². The van der Waals surface area contributed by atoms with Gasteiger partial charge in [-0.25, -0.2) is 4.98 Å². The van der Waals surface area contributed by atoms with E-state index in [-0.39, 0.29) is 0 Å². The molecule has 0 aliphatic heterocycles. The number of aromatic nitrogens is 1. The SMILES string of the molecule is Cc1cc(Cl)nc(Cl)c1NC1CCC(C)(C)C1. The average Bonchev–Trinajstić information content (AvgIpc) is 2.52. The molecule has 2 nitrogen and oxygen atoms in total. The minimum Gasteiger partial charge on any atom is -0.380 e. The summed E-state index contributed by atoms with van der Waals surface area (Å²) in [5.74, 6) is 0. The number of anilines is 1. The lowest BCUT2D eigenvalue weighted by molar-refractivity contribution is 0.378. The Morgan fingerprint density at radius 2 is 2.12 bits per heavy atom. The van der Waals surface area contributed by atoms with Gasteiger partial charge < -0.3 is 5.32 Å². The highest BCUT2D eigenvalue weighted by Crippen LogP contribution is 2.39. The first-order chi connectivity index (χ1) is 7.87. The van der Waals surface area contributed by atoms with Crippen molar-refractivity contribution >= 4 is 28.9 Å². The summed E-state index contributed by atoms with van der Waals surface area (Å²) in [6, 6.07) is 2.33. The van der Waals surface area contributed by atoms with Gasteiger partial charge in [0, 0.05) is 6.04 Å². The zero-order chi connectivity index (χ0) is 12.6. The van der Waals surface area contributed by atoms with Gasteiger partial charge in [-0.1, -0.05) is 37.0 Å². The van der Waals surface area contributed by atoms with Crippen LogP contribution in [0.25, 0.3) is 0 Å². The summed E-state index contributed by atoms with van der Waals surface area (Å²) < 4.78 is 0. The van der Waals surface area contributed by atoms with Gasteiger partial charge in [0.05, 0.1) is 5.69 Å². The van der Waals surface area contributed by atoms with Crippen LogP contribution < -0.4 is 5.32 Å². The molecule has 0 aromatic carbocycles. The number of nitrogens with zero attached hydrogens (tertiary/aromatic N) is 1. The number of halogens is 2. The third-order valence-electron chi connectivity index (χ3n) is 3.46. The van der Waals surface area contributed by atoms with Crippen LogP contribution >= 0.6 is 23.2 Å². The molecule has 1 aliphatic rings. The molecule has 1 aromatic rings. The molecule has 17 heavy (non-hydrogen) atoms. The van der Waals surface area contributed by atoms with E-state index in [1.165, 1.54) is 19.3 Å². The number of hydrogen-bond acceptors (Lipinski definition) is 2. The largest absolute Gasteiger partial charge is 0.380 e. The van der Waals surface area contributed by atoms with E-state index in [0.717, 1.165) is 11.3 Å². The molecular weight excluding hydrogens is 255 g/mol. The molecule has 0 amide bonds. The summed E-state index contributed by atoms with van der Waals surface area (Å²) >= 11 is 12.0. The Hall–Kier alpha value is -0.470. The molecule has 1 aliphatic carbocycles. The molecule has 1 fully saturated rings. The van der Waals surface area contributed by atoms with Gasteiger partial charge in [-0.2, -0.15) is 0 Å². The topological polar surface area (TPSA) is 24.9 Å². The molecule has 1 aromatic heterocycles. The van der Waals surface area contributed by atoms with Gasteiger partial charge in [0.15, 0.2) is 5.15 Å². The summed E-state index contributed by atoms with van der Waals surface area (Å²) in [7, 11) is 0. The van der Waals surface area contributed by atoms with Crippen LogP contribution in [0.1, 0.15) is 38.7 Å². The molecule has 1 unspecified atom stereocenters. The van der Waals surface area contributed by atoms with Crippen LogP contribution in [0.15, 0.2) is 6.07 Å². The second-order valence-electron chi connectivity index (χ2n) is 5.68. The van der Waals surface area contributed by atoms with Crippen molar-refractivity contribution in [1.82, 2.24) is 4.98 Å². The second-order valence-corrected chi connectivity index (χ2v) is 6.42. The molecule has 0 radical (unpaired) electrons. The summed E-state index contributed by atoms with van der Waals surface area (Å²) in [6.45, 7) is 6.62. The van der Waals surface area contributed by atoms with Crippen LogP contribution in [0.5, 0.6) is 0 Å². The lowest BCUT2D eigenvalue weighted by Gasteiger charge is -2.20. The van der Waals surface area contributed by atoms with E-state index in [1.807, 2.05) is 13.0 Å². The van der Waals surface area contributed by atoms with Crippen molar-refractivity contribution < 1.29 is 0 Å². The maximum Gasteiger partial charge on any atom is 0.154 e. The van der Waals surface area contributed by atoms with Crippen LogP contribution in [0.2, 0.25) is 10.3 Å². The molecule has 0 bridgehead atoms. The standard InChI is InChI=1S/C13H18Cl2N2/c1-8-6-10(14)17-12(15)11(8)16-9-4-5-13(2,3)7-9/h6,9,16H,4-5,7H2,1-3H3. The van der Waals surface area contributed by atoms with Gasteiger partial charge >= 0.3 is 0 Å². The molecule has 94 valence electrons. The summed E-state index contributed by atoms with van der Waals surface area (Å²) in [6.07, 6.45) is 3.61. The molecule has 0 spiro atoms. The Morgan fingerprint density at radius 3 is 2.65 bits per heavy atom. The van der Waals surface area contributed by atoms with E-state index in [9.17, 15) is 0 Å². The fourth-order valence-electron chi connectivity index (χ4n) is 2.53. The van der Waals surface area contributed by atoms with Crippen LogP contribution in [-0.4, -0.2) is 11.0 Å². The van der Waals surface area contributed by atoms with Crippen molar-refractivity contribution in [2.75, 3.05) is 5.32 Å². The van der Waals surface area contributed by atoms with Crippen molar-refractivity contribution in [3.8, 4) is 0 Å². The first-order valence-electron chi connectivity index (χ1n) is 5.96. The van der Waals surface area contributed by atoms with Gasteiger partial charge in [0.25, 0.3) is 0 Å². The molecule has 0 saturated heterocycles. The Bertz CT molecular complexity index is 406. The molecule has 1 saturated carbocycles. The Balaban J connectivity index is 2.15. The zero-order valence-electron chi connectivity index (χ0n) is 10.5. The molecule has 1 N–H and O–H groups in total. The minimum absolute atomic E-state index is 0.428. The van der Waals surface area contributed by atoms with Gasteiger partial charge in [0.1, 0.15) is 5.15 Å². The number of hydrogen-bond donors (Lipinski definition) is 1. The summed E-state index contributed by atoms with van der Waals surface area (Å²) in [5.41, 5.74) is 2.41. The fraction of sp³-hybridized carbons (Fsp3) is 0.615. The number of rotatable bonds is 2. The average molecular weight is 273 g/mol. The quantitative estimate of drug-likeness (QED) is 0.791. The number of pyridine rings is 1. The monoisotopic (exact) mass is 272 g/mol. The van der Waals surface area contributed by atoms with Crippen molar-refractivity contribution in [2.24, 2.45) is 5.41 Å². The van der Waals surface area contributed by atoms with Crippen LogP contribution in [0.3, 0.4) is 0 Å². The lowest BCUT2D eigenvalue weighted by atomic mass is 9.92. The Kier molecular flexibility index (Phi) is 3.55. The fourth-order valence-corrected chi connectivity index (χ4v) is 3.12. The van der Waals surface area contributed by atoms with Crippen LogP contribution in [0.4, 0.5) is 5.69 Å². The number of nitrogens with one attached hydrogen (secondary N) is 1. The summed E-state index contributed by atoms with van der Waals surface area (Å²) in [4.78, 5) is 4.08. The normalized spacial score (nSPS) is 22.8. The third-order valence-corrected chi connectivity index (χ3v) is 3.93. The Morgan fingerprint density at radius 1 is 1.41 bits per heavy atom. The zero-order valence-corrected chi connectivity index (χ0v) is 12.0. The Labute approximate surface area is 113 Å². The highest BCUT2D eigenvalue weighted by molar-refractivity contribution is 6.34. The minimum atomic E-state index is 0.428. The highest BCUT2D eigenvalue weighted by atomic mass is 35.5. The van der Waals surface area contributed by atoms with E-state index in [4.69, 9.17) is 23.2 Å². The van der Waals surface area contributed by atoms with Gasteiger partial charge in [-0.3, -0.25) is 0 Å². The van der Waals surface area contributed by atoms with Crippen LogP contribution in [-0.2, 0) is 0 Å². The van der Waals surface area contributed by atoms with Gasteiger partial charge in [0.2, 0.25) is 0 Å². The molecule has 4 heteroatoms. The lowest BCUT2D eigenvalue weighted by Crippen LogP contribution is -2.18. The highest BCUT2D eigenvalue weighted by Gasteiger charge is 2.31. The van der Waals surface area contributed by atoms with Crippen LogP contribution in [0, 0.1) is 12.3 Å². The smallest absolute Gasteiger partial charge is 0.154 e. The molecule has 1 atom stereocenters. The van der Waals surface area contributed by atoms with Crippen molar-refractivity contribution in [2.45, 2.75) is 46.1 Å². The van der Waals surface area contributed by atoms with E-state index in [0.29, 0.717) is 21.8 Å². The number of aryl methyl sites for hydroxylation is 1. The predicted octanol–water partition coefficient (Wildman–Crippen LogP) is 4.69. The summed E-state index contributed by atoms with van der Waals surface area (Å²) in [5, 5.41) is 4.43. The van der Waals surface area contributed by atoms with Gasteiger partial charge in [-0.05, 0) is 43.2 Å². The third kappa shape index (κ3) is 3.05. The van der Waals surface area contributed by atoms with E-state index < -0.39 is 0 Å². The van der Waals surface area contributed by atoms with Crippen molar-refractivity contribution in [3.05, 3.63) is 21.9 Å². The first kappa shape index (κ1) is 13.0. The van der Waals surface area contributed by atoms with Gasteiger partial charge in [-0.15, -0.1) is 0 Å². The predicted molar refractivity (Wildman–Crippen MR) is 74.0 cm³/mol. The van der Waals surface area contributed by atoms with E-state index in [2.05, 4.69) is 24.1 Å². The first-order valence-corrected chi connectivity index (χ1v) is 6.72. The van der Waals surface area contributed by atoms with E-state index >= 15 is 0 Å². The second kappa shape index (κ2) is 4.66. The molecular formula is C13H18Cl2N2. The van der Waals surface area contributed by atoms with Crippen molar-refractivity contribution in [1.29, 1.82) is 0 Å².